The molecule has 6 nitrogen and oxygen atoms in total. The van der Waals surface area contributed by atoms with Gasteiger partial charge in [0, 0.05) is 38.4 Å². The fraction of sp³-hybridized carbons (Fsp3) is 0. The van der Waals surface area contributed by atoms with Gasteiger partial charge in [0.25, 0.3) is 0 Å². The minimum atomic E-state index is -0.0944. The summed E-state index contributed by atoms with van der Waals surface area (Å²) in [6.45, 7) is 0. The Kier molecular flexibility index (Phi) is 7.68. The summed E-state index contributed by atoms with van der Waals surface area (Å²) in [5.41, 5.74) is 1.23. The first-order valence-electron chi connectivity index (χ1n) is 11.8. The Morgan fingerprint density at radius 1 is 0.548 bits per heavy atom. The van der Waals surface area contributed by atoms with Crippen LogP contribution in [0, 0.1) is 45.3 Å². The van der Waals surface area contributed by atoms with Crippen LogP contribution in [0.25, 0.3) is 34.4 Å². The number of thiophene rings is 4. The molecule has 0 saturated carbocycles. The minimum Gasteiger partial charge on any atom is -0.281 e. The molecule has 0 aromatic carbocycles. The van der Waals surface area contributed by atoms with Crippen LogP contribution in [0.5, 0.6) is 0 Å². The molecule has 198 valence electrons. The highest BCUT2D eigenvalue weighted by Crippen LogP contribution is 2.57. The normalized spacial score (nSPS) is 15.0. The largest absolute Gasteiger partial charge is 0.281 e. The number of hydrogen-bond acceptors (Lipinski definition) is 12. The molecule has 4 aromatic rings. The first-order chi connectivity index (χ1) is 20.4. The van der Waals surface area contributed by atoms with E-state index in [2.05, 4.69) is 0 Å². The molecule has 0 unspecified atom stereocenters. The summed E-state index contributed by atoms with van der Waals surface area (Å²) in [4.78, 5) is 31.1. The van der Waals surface area contributed by atoms with Gasteiger partial charge >= 0.3 is 0 Å². The molecule has 0 N–H and O–H groups in total. The van der Waals surface area contributed by atoms with Crippen molar-refractivity contribution >= 4 is 114 Å². The van der Waals surface area contributed by atoms with Crippen molar-refractivity contribution in [2.24, 2.45) is 0 Å². The first-order valence-corrected chi connectivity index (χ1v) is 16.7. The highest BCUT2D eigenvalue weighted by molar-refractivity contribution is 8.25. The number of hydrogen-bond donors (Lipinski definition) is 0. The minimum absolute atomic E-state index is 0.0740. The van der Waals surface area contributed by atoms with Crippen LogP contribution in [0.3, 0.4) is 0 Å². The van der Waals surface area contributed by atoms with E-state index in [1.807, 2.05) is 72.8 Å². The van der Waals surface area contributed by atoms with Crippen LogP contribution in [0.15, 0.2) is 58.3 Å². The van der Waals surface area contributed by atoms with Gasteiger partial charge in [-0.05, 0) is 84.2 Å². The molecule has 0 amide bonds. The molecule has 0 spiro atoms. The van der Waals surface area contributed by atoms with Gasteiger partial charge in [-0.2, -0.15) is 21.0 Å². The van der Waals surface area contributed by atoms with Gasteiger partial charge in [0.05, 0.1) is 20.2 Å². The Bertz CT molecular complexity index is 2150. The molecule has 6 rings (SSSR count). The Morgan fingerprint density at radius 3 is 1.33 bits per heavy atom. The molecule has 0 radical (unpaired) electrons. The van der Waals surface area contributed by atoms with Crippen molar-refractivity contribution in [3.63, 3.8) is 0 Å². The van der Waals surface area contributed by atoms with Crippen LogP contribution in [-0.2, 0) is 9.59 Å². The van der Waals surface area contributed by atoms with Crippen LogP contribution in [-0.4, -0.2) is 10.2 Å². The lowest BCUT2D eigenvalue weighted by Crippen LogP contribution is -1.96. The average molecular weight is 651 g/mol. The van der Waals surface area contributed by atoms with Crippen LogP contribution in [0.1, 0.15) is 19.5 Å². The molecule has 12 heteroatoms. The van der Waals surface area contributed by atoms with Gasteiger partial charge in [-0.25, -0.2) is 0 Å². The molecule has 42 heavy (non-hydrogen) atoms. The van der Waals surface area contributed by atoms with E-state index in [1.165, 1.54) is 45.3 Å². The first kappa shape index (κ1) is 27.9. The third-order valence-electron chi connectivity index (χ3n) is 5.97. The van der Waals surface area contributed by atoms with Gasteiger partial charge in [0.2, 0.25) is 10.2 Å². The molecule has 0 saturated heterocycles. The van der Waals surface area contributed by atoms with E-state index in [0.717, 1.165) is 52.1 Å². The molecule has 0 atom stereocenters. The topological polar surface area (TPSA) is 129 Å². The maximum atomic E-state index is 13.2. The van der Waals surface area contributed by atoms with E-state index >= 15 is 0 Å². The van der Waals surface area contributed by atoms with E-state index < -0.39 is 0 Å². The van der Waals surface area contributed by atoms with Crippen molar-refractivity contribution in [3.05, 3.63) is 96.0 Å². The maximum absolute atomic E-state index is 13.2. The fourth-order valence-electron chi connectivity index (χ4n) is 4.13. The third kappa shape index (κ3) is 5.13. The molecule has 2 aliphatic rings. The quantitative estimate of drug-likeness (QED) is 0.312. The van der Waals surface area contributed by atoms with Gasteiger partial charge in [0.15, 0.2) is 0 Å². The summed E-state index contributed by atoms with van der Waals surface area (Å²) in [6, 6.07) is 22.4. The van der Waals surface area contributed by atoms with Crippen LogP contribution >= 0.6 is 68.9 Å². The number of carbonyl (C=O) groups is 2. The van der Waals surface area contributed by atoms with Crippen molar-refractivity contribution < 1.29 is 9.59 Å². The van der Waals surface area contributed by atoms with Crippen LogP contribution in [0.4, 0.5) is 0 Å². The second-order valence-electron chi connectivity index (χ2n) is 8.48. The van der Waals surface area contributed by atoms with E-state index in [1.54, 1.807) is 12.1 Å². The lowest BCUT2D eigenvalue weighted by molar-refractivity contribution is -0.106. The van der Waals surface area contributed by atoms with Crippen molar-refractivity contribution in [1.82, 2.24) is 0 Å². The Morgan fingerprint density at radius 2 is 0.952 bits per heavy atom. The number of thioether (sulfide) groups is 2. The van der Waals surface area contributed by atoms with Gasteiger partial charge in [-0.3, -0.25) is 9.59 Å². The summed E-state index contributed by atoms with van der Waals surface area (Å²) >= 11 is 7.78. The Balaban J connectivity index is 1.34. The van der Waals surface area contributed by atoms with E-state index in [4.69, 9.17) is 21.0 Å². The zero-order valence-corrected chi connectivity index (χ0v) is 25.7. The Labute approximate surface area is 262 Å². The maximum Gasteiger partial charge on any atom is 0.226 e. The van der Waals surface area contributed by atoms with Gasteiger partial charge < -0.3 is 0 Å². The zero-order chi connectivity index (χ0) is 29.4. The van der Waals surface area contributed by atoms with Crippen molar-refractivity contribution in [1.29, 1.82) is 21.0 Å². The Hall–Kier alpha value is -4.24. The monoisotopic (exact) mass is 650 g/mol. The summed E-state index contributed by atoms with van der Waals surface area (Å²) in [5, 5.41) is 36.2. The second-order valence-corrected chi connectivity index (χ2v) is 14.9. The lowest BCUT2D eigenvalue weighted by atomic mass is 10.1. The summed E-state index contributed by atoms with van der Waals surface area (Å²) in [7, 11) is 0. The van der Waals surface area contributed by atoms with Crippen molar-refractivity contribution in [2.75, 3.05) is 0 Å². The van der Waals surface area contributed by atoms with Crippen LogP contribution in [0.2, 0.25) is 0 Å². The van der Waals surface area contributed by atoms with Gasteiger partial charge in [-0.1, -0.05) is 0 Å². The molecular weight excluding hydrogens is 641 g/mol. The highest BCUT2D eigenvalue weighted by Gasteiger charge is 2.41. The smallest absolute Gasteiger partial charge is 0.226 e. The van der Waals surface area contributed by atoms with Crippen LogP contribution < -0.4 is 18.1 Å². The molecule has 0 fully saturated rings. The standard InChI is InChI=1S/C30H10N4O2S6/c31-11-15(12-32)21-5-1-17(37-21)9-19-3-7-23(39-19)25-27-28(42-29(25)35)26(30(36)41-27)24-8-4-20(40-24)10-18-2-6-22(38-18)16(13-33)14-34/h1-10H/b17-9+,18-10+. The molecule has 6 heterocycles. The lowest BCUT2D eigenvalue weighted by Gasteiger charge is -1.98. The number of rotatable bonds is 4. The summed E-state index contributed by atoms with van der Waals surface area (Å²) in [5.74, 6) is 0. The van der Waals surface area contributed by atoms with E-state index in [0.29, 0.717) is 30.0 Å². The summed E-state index contributed by atoms with van der Waals surface area (Å²) in [6.07, 6.45) is 3.89. The van der Waals surface area contributed by atoms with Gasteiger partial charge in [-0.15, -0.1) is 45.3 Å². The van der Waals surface area contributed by atoms with Crippen molar-refractivity contribution in [2.45, 2.75) is 0 Å². The van der Waals surface area contributed by atoms with E-state index in [9.17, 15) is 9.59 Å². The highest BCUT2D eigenvalue weighted by atomic mass is 32.2. The number of nitriles is 4. The number of nitrogens with zero attached hydrogens (tertiary/aromatic N) is 4. The molecule has 4 aromatic heterocycles. The SMILES string of the molecule is N#CC(C#N)=c1cc/c(=C\c2ccc(C3=C4SC(=O)C(c5ccc(/C=c6\ccc(=C(C#N)C#N)s6)s5)=C4SC3=O)s2)s1. The third-order valence-corrected chi connectivity index (χ3v) is 12.3. The summed E-state index contributed by atoms with van der Waals surface area (Å²) < 4.78 is 2.99. The number of carbonyl (C=O) groups excluding carboxylic acids is 2. The van der Waals surface area contributed by atoms with Gasteiger partial charge in [0.1, 0.15) is 35.4 Å². The number of fused-ring (bicyclic) bond motifs is 1. The van der Waals surface area contributed by atoms with Crippen molar-refractivity contribution in [3.8, 4) is 24.3 Å². The average Bonchev–Trinajstić information content (AvgIpc) is 3.81. The molecular formula is C30H10N4O2S6. The second kappa shape index (κ2) is 11.6. The fourth-order valence-corrected chi connectivity index (χ4v) is 10.7. The zero-order valence-electron chi connectivity index (χ0n) is 20.8. The van der Waals surface area contributed by atoms with E-state index in [-0.39, 0.29) is 21.4 Å². The molecule has 0 aliphatic carbocycles. The molecule has 2 aliphatic heterocycles. The predicted octanol–water partition coefficient (Wildman–Crippen LogP) is 4.66. The predicted molar refractivity (Wildman–Crippen MR) is 171 cm³/mol. The molecule has 0 bridgehead atoms.